The van der Waals surface area contributed by atoms with Gasteiger partial charge < -0.3 is 5.11 Å². The third-order valence-electron chi connectivity index (χ3n) is 2.74. The molecule has 2 N–H and O–H groups in total. The van der Waals surface area contributed by atoms with Gasteiger partial charge in [0.1, 0.15) is 4.90 Å². The maximum absolute atomic E-state index is 12.4. The minimum absolute atomic E-state index is 0.00845. The van der Waals surface area contributed by atoms with Crippen molar-refractivity contribution in [3.8, 4) is 0 Å². The van der Waals surface area contributed by atoms with Crippen LogP contribution in [0, 0.1) is 13.8 Å². The summed E-state index contributed by atoms with van der Waals surface area (Å²) in [6.45, 7) is 3.56. The molecule has 1 aromatic heterocycles. The van der Waals surface area contributed by atoms with E-state index in [4.69, 9.17) is 5.11 Å². The number of halogens is 1. The van der Waals surface area contributed by atoms with E-state index in [1.54, 1.807) is 13.0 Å². The number of nitrogens with one attached hydrogen (secondary N) is 1. The number of sulfonamides is 1. The van der Waals surface area contributed by atoms with Gasteiger partial charge in [0.25, 0.3) is 10.0 Å². The van der Waals surface area contributed by atoms with Crippen molar-refractivity contribution in [1.29, 1.82) is 0 Å². The van der Waals surface area contributed by atoms with Gasteiger partial charge in [0, 0.05) is 14.2 Å². The lowest BCUT2D eigenvalue weighted by molar-refractivity contribution is 0.0697. The molecule has 0 saturated heterocycles. The normalized spacial score (nSPS) is 11.4. The van der Waals surface area contributed by atoms with E-state index in [2.05, 4.69) is 20.7 Å². The Morgan fingerprint density at radius 2 is 1.95 bits per heavy atom. The second kappa shape index (κ2) is 5.78. The average molecular weight is 390 g/mol. The summed E-state index contributed by atoms with van der Waals surface area (Å²) in [5.41, 5.74) is 0.201. The van der Waals surface area contributed by atoms with Crippen LogP contribution in [0.25, 0.3) is 0 Å². The molecular weight excluding hydrogens is 378 g/mol. The molecule has 0 aliphatic rings. The van der Waals surface area contributed by atoms with Gasteiger partial charge in [0.2, 0.25) is 0 Å². The summed E-state index contributed by atoms with van der Waals surface area (Å²) in [6, 6.07) is 5.76. The molecule has 2 rings (SSSR count). The van der Waals surface area contributed by atoms with Crippen LogP contribution in [-0.2, 0) is 10.0 Å². The van der Waals surface area contributed by atoms with E-state index in [0.29, 0.717) is 9.35 Å². The first-order chi connectivity index (χ1) is 9.70. The largest absolute Gasteiger partial charge is 0.478 e. The highest BCUT2D eigenvalue weighted by Gasteiger charge is 2.20. The fraction of sp³-hybridized carbons (Fsp3) is 0.154. The zero-order valence-corrected chi connectivity index (χ0v) is 14.4. The molecule has 8 heteroatoms. The first-order valence-electron chi connectivity index (χ1n) is 5.83. The summed E-state index contributed by atoms with van der Waals surface area (Å²) < 4.78 is 27.7. The minimum Gasteiger partial charge on any atom is -0.478 e. The molecule has 0 bridgehead atoms. The molecule has 0 aliphatic heterocycles. The van der Waals surface area contributed by atoms with Crippen molar-refractivity contribution in [1.82, 2.24) is 0 Å². The molecule has 0 saturated carbocycles. The molecule has 0 fully saturated rings. The van der Waals surface area contributed by atoms with Crippen LogP contribution in [0.5, 0.6) is 0 Å². The third kappa shape index (κ3) is 3.45. The maximum Gasteiger partial charge on any atom is 0.335 e. The van der Waals surface area contributed by atoms with Crippen LogP contribution in [0.2, 0.25) is 0 Å². The zero-order valence-electron chi connectivity index (χ0n) is 11.2. The molecule has 0 atom stereocenters. The summed E-state index contributed by atoms with van der Waals surface area (Å²) in [7, 11) is -3.75. The Kier molecular flexibility index (Phi) is 4.40. The van der Waals surface area contributed by atoms with Crippen molar-refractivity contribution in [2.75, 3.05) is 4.72 Å². The number of carboxylic acid groups (broad SMARTS) is 1. The highest BCUT2D eigenvalue weighted by molar-refractivity contribution is 9.10. The number of aryl methyl sites for hydroxylation is 2. The van der Waals surface area contributed by atoms with Crippen molar-refractivity contribution in [2.45, 2.75) is 18.7 Å². The molecule has 0 unspecified atom stereocenters. The van der Waals surface area contributed by atoms with E-state index < -0.39 is 16.0 Å². The lowest BCUT2D eigenvalue weighted by atomic mass is 10.2. The van der Waals surface area contributed by atoms with E-state index in [9.17, 15) is 13.2 Å². The van der Waals surface area contributed by atoms with Gasteiger partial charge >= 0.3 is 5.97 Å². The van der Waals surface area contributed by atoms with E-state index in [0.717, 1.165) is 4.88 Å². The predicted octanol–water partition coefficient (Wildman–Crippen LogP) is 3.63. The van der Waals surface area contributed by atoms with Gasteiger partial charge in [-0.3, -0.25) is 4.72 Å². The molecule has 112 valence electrons. The van der Waals surface area contributed by atoms with Gasteiger partial charge in [-0.05, 0) is 54.0 Å². The quantitative estimate of drug-likeness (QED) is 0.835. The summed E-state index contributed by atoms with van der Waals surface area (Å²) in [5, 5.41) is 8.97. The number of hydrogen-bond donors (Lipinski definition) is 2. The zero-order chi connectivity index (χ0) is 15.8. The number of rotatable bonds is 4. The monoisotopic (exact) mass is 389 g/mol. The molecule has 0 amide bonds. The SMILES string of the molecule is Cc1cc(S(=O)(=O)Nc2cc(C(=O)O)ccc2Br)c(C)s1. The number of anilines is 1. The molecule has 1 heterocycles. The fourth-order valence-corrected chi connectivity index (χ4v) is 4.91. The van der Waals surface area contributed by atoms with Gasteiger partial charge in [-0.2, -0.15) is 0 Å². The number of thiophene rings is 1. The first kappa shape index (κ1) is 16.0. The highest BCUT2D eigenvalue weighted by atomic mass is 79.9. The van der Waals surface area contributed by atoms with Crippen LogP contribution in [-0.4, -0.2) is 19.5 Å². The number of carbonyl (C=O) groups is 1. The van der Waals surface area contributed by atoms with Crippen LogP contribution in [0.15, 0.2) is 33.6 Å². The maximum atomic E-state index is 12.4. The Morgan fingerprint density at radius 3 is 2.48 bits per heavy atom. The Bertz CT molecular complexity index is 812. The summed E-state index contributed by atoms with van der Waals surface area (Å²) in [4.78, 5) is 12.8. The van der Waals surface area contributed by atoms with Gasteiger partial charge in [-0.1, -0.05) is 0 Å². The molecule has 0 spiro atoms. The number of carboxylic acids is 1. The van der Waals surface area contributed by atoms with Crippen LogP contribution in [0.4, 0.5) is 5.69 Å². The minimum atomic E-state index is -3.75. The first-order valence-corrected chi connectivity index (χ1v) is 8.92. The van der Waals surface area contributed by atoms with E-state index in [-0.39, 0.29) is 16.1 Å². The van der Waals surface area contributed by atoms with Crippen molar-refractivity contribution in [3.63, 3.8) is 0 Å². The fourth-order valence-electron chi connectivity index (χ4n) is 1.81. The predicted molar refractivity (Wildman–Crippen MR) is 85.7 cm³/mol. The molecule has 0 radical (unpaired) electrons. The van der Waals surface area contributed by atoms with E-state index >= 15 is 0 Å². The lowest BCUT2D eigenvalue weighted by Crippen LogP contribution is -2.14. The number of benzene rings is 1. The average Bonchev–Trinajstić information content (AvgIpc) is 2.71. The molecule has 1 aromatic carbocycles. The second-order valence-corrected chi connectivity index (χ2v) is 8.35. The van der Waals surface area contributed by atoms with Crippen molar-refractivity contribution in [3.05, 3.63) is 44.1 Å². The Labute approximate surface area is 134 Å². The smallest absolute Gasteiger partial charge is 0.335 e. The number of hydrogen-bond acceptors (Lipinski definition) is 4. The Morgan fingerprint density at radius 1 is 1.29 bits per heavy atom. The lowest BCUT2D eigenvalue weighted by Gasteiger charge is -2.10. The van der Waals surface area contributed by atoms with Crippen LogP contribution in [0.1, 0.15) is 20.1 Å². The second-order valence-electron chi connectivity index (χ2n) is 4.38. The number of aromatic carboxylic acids is 1. The molecule has 5 nitrogen and oxygen atoms in total. The van der Waals surface area contributed by atoms with Crippen LogP contribution < -0.4 is 4.72 Å². The van der Waals surface area contributed by atoms with Crippen LogP contribution in [0.3, 0.4) is 0 Å². The highest BCUT2D eigenvalue weighted by Crippen LogP contribution is 2.30. The third-order valence-corrected chi connectivity index (χ3v) is 6.02. The Balaban J connectivity index is 2.43. The van der Waals surface area contributed by atoms with Gasteiger partial charge in [-0.25, -0.2) is 13.2 Å². The molecule has 21 heavy (non-hydrogen) atoms. The van der Waals surface area contributed by atoms with Gasteiger partial charge in [0.15, 0.2) is 0 Å². The van der Waals surface area contributed by atoms with Crippen molar-refractivity contribution in [2.24, 2.45) is 0 Å². The standard InChI is InChI=1S/C13H12BrNO4S2/c1-7-5-12(8(2)20-7)21(18,19)15-11-6-9(13(16)17)3-4-10(11)14/h3-6,15H,1-2H3,(H,16,17). The molecule has 2 aromatic rings. The van der Waals surface area contributed by atoms with Crippen molar-refractivity contribution < 1.29 is 18.3 Å². The summed E-state index contributed by atoms with van der Waals surface area (Å²) in [6.07, 6.45) is 0. The van der Waals surface area contributed by atoms with Gasteiger partial charge in [-0.15, -0.1) is 11.3 Å². The summed E-state index contributed by atoms with van der Waals surface area (Å²) >= 11 is 4.61. The van der Waals surface area contributed by atoms with Crippen LogP contribution >= 0.6 is 27.3 Å². The Hall–Kier alpha value is -1.38. The van der Waals surface area contributed by atoms with Crippen molar-refractivity contribution >= 4 is 48.9 Å². The van der Waals surface area contributed by atoms with E-state index in [1.165, 1.54) is 29.5 Å². The van der Waals surface area contributed by atoms with Gasteiger partial charge in [0.05, 0.1) is 11.3 Å². The van der Waals surface area contributed by atoms with E-state index in [1.807, 2.05) is 6.92 Å². The molecular formula is C13H12BrNO4S2. The topological polar surface area (TPSA) is 83.5 Å². The molecule has 0 aliphatic carbocycles. The summed E-state index contributed by atoms with van der Waals surface area (Å²) in [5.74, 6) is -1.12.